The molecule has 0 aliphatic rings. The van der Waals surface area contributed by atoms with Crippen LogP contribution in [0.3, 0.4) is 0 Å². The first-order valence-corrected chi connectivity index (χ1v) is 13.4. The number of aryl methyl sites for hydroxylation is 2. The summed E-state index contributed by atoms with van der Waals surface area (Å²) in [6.07, 6.45) is 2.71. The summed E-state index contributed by atoms with van der Waals surface area (Å²) in [6, 6.07) is 8.98. The molecule has 0 amide bonds. The third kappa shape index (κ3) is 6.27. The number of nitrogens with one attached hydrogen (secondary N) is 1. The third-order valence-electron chi connectivity index (χ3n) is 5.85. The molecule has 208 valence electrons. The van der Waals surface area contributed by atoms with Crippen molar-refractivity contribution in [3.8, 4) is 28.8 Å². The zero-order valence-corrected chi connectivity index (χ0v) is 23.5. The van der Waals surface area contributed by atoms with Gasteiger partial charge in [-0.25, -0.2) is 14.2 Å². The Hall–Kier alpha value is -3.81. The average Bonchev–Trinajstić information content (AvgIpc) is 3.56. The Balaban J connectivity index is 1.74. The van der Waals surface area contributed by atoms with Crippen LogP contribution in [0.25, 0.3) is 17.3 Å². The van der Waals surface area contributed by atoms with Crippen LogP contribution in [0.5, 0.6) is 11.5 Å². The van der Waals surface area contributed by atoms with E-state index in [1.54, 1.807) is 69.5 Å². The standard InChI is InChI=1S/C26H32N6O6S/c1-16-14-27-24(28-15-16)23(37-13-12-34-4)18(3)39(33)31-26-30-29-25(21-11-10-17(2)38-21)32(26)22-19(35-5)8-7-9-20(22)36-6/h7-11,14-15,18,23H,12-13H2,1-6H3,(H,30,31)/t18-,23-,39?/m0/s1. The first kappa shape index (κ1) is 28.2. The Morgan fingerprint density at radius 3 is 2.28 bits per heavy atom. The van der Waals surface area contributed by atoms with E-state index in [9.17, 15) is 4.21 Å². The van der Waals surface area contributed by atoms with E-state index in [1.807, 2.05) is 19.9 Å². The highest BCUT2D eigenvalue weighted by atomic mass is 32.2. The maximum Gasteiger partial charge on any atom is 0.241 e. The van der Waals surface area contributed by atoms with Crippen molar-refractivity contribution >= 4 is 16.9 Å². The number of hydrogen-bond acceptors (Lipinski definition) is 10. The predicted molar refractivity (Wildman–Crippen MR) is 145 cm³/mol. The van der Waals surface area contributed by atoms with Crippen LogP contribution in [0, 0.1) is 13.8 Å². The fourth-order valence-corrected chi connectivity index (χ4v) is 4.77. The molecule has 4 aromatic rings. The minimum absolute atomic E-state index is 0.188. The first-order valence-electron chi connectivity index (χ1n) is 12.2. The highest BCUT2D eigenvalue weighted by molar-refractivity contribution is 7.87. The second kappa shape index (κ2) is 12.8. The predicted octanol–water partition coefficient (Wildman–Crippen LogP) is 3.82. The van der Waals surface area contributed by atoms with Crippen molar-refractivity contribution in [1.82, 2.24) is 24.7 Å². The Labute approximate surface area is 229 Å². The maximum atomic E-state index is 13.7. The van der Waals surface area contributed by atoms with Crippen molar-refractivity contribution in [2.24, 2.45) is 0 Å². The van der Waals surface area contributed by atoms with Gasteiger partial charge in [-0.15, -0.1) is 10.2 Å². The van der Waals surface area contributed by atoms with Crippen molar-refractivity contribution in [2.75, 3.05) is 39.3 Å². The molecule has 0 bridgehead atoms. The van der Waals surface area contributed by atoms with Crippen LogP contribution in [0.1, 0.15) is 30.2 Å². The van der Waals surface area contributed by atoms with E-state index in [-0.39, 0.29) is 12.6 Å². The lowest BCUT2D eigenvalue weighted by atomic mass is 10.2. The van der Waals surface area contributed by atoms with Gasteiger partial charge in [-0.3, -0.25) is 9.29 Å². The molecule has 1 N–H and O–H groups in total. The summed E-state index contributed by atoms with van der Waals surface area (Å²) in [6.45, 7) is 6.15. The van der Waals surface area contributed by atoms with Gasteiger partial charge in [0.2, 0.25) is 11.8 Å². The van der Waals surface area contributed by atoms with E-state index >= 15 is 0 Å². The monoisotopic (exact) mass is 556 g/mol. The van der Waals surface area contributed by atoms with Crippen molar-refractivity contribution < 1.29 is 27.6 Å². The van der Waals surface area contributed by atoms with Gasteiger partial charge in [0, 0.05) is 19.5 Å². The number of benzene rings is 1. The normalized spacial score (nSPS) is 13.6. The van der Waals surface area contributed by atoms with Crippen LogP contribution in [0.2, 0.25) is 0 Å². The van der Waals surface area contributed by atoms with Crippen LogP contribution >= 0.6 is 0 Å². The lowest BCUT2D eigenvalue weighted by Crippen LogP contribution is -2.30. The molecule has 13 heteroatoms. The summed E-state index contributed by atoms with van der Waals surface area (Å²) in [5, 5.41) is 8.07. The highest BCUT2D eigenvalue weighted by Crippen LogP contribution is 2.38. The van der Waals surface area contributed by atoms with E-state index in [1.165, 1.54) is 0 Å². The van der Waals surface area contributed by atoms with Crippen molar-refractivity contribution in [1.29, 1.82) is 0 Å². The quantitative estimate of drug-likeness (QED) is 0.242. The van der Waals surface area contributed by atoms with E-state index in [4.69, 9.17) is 23.4 Å². The van der Waals surface area contributed by atoms with E-state index < -0.39 is 22.3 Å². The molecule has 0 saturated carbocycles. The minimum atomic E-state index is -1.73. The first-order chi connectivity index (χ1) is 18.9. The number of furan rings is 1. The third-order valence-corrected chi connectivity index (χ3v) is 7.15. The molecular formula is C26H32N6O6S. The number of hydrogen-bond donors (Lipinski definition) is 1. The molecule has 0 fully saturated rings. The lowest BCUT2D eigenvalue weighted by molar-refractivity contribution is 0.0125. The average molecular weight is 557 g/mol. The Kier molecular flexibility index (Phi) is 9.28. The van der Waals surface area contributed by atoms with E-state index in [2.05, 4.69) is 24.9 Å². The molecular weight excluding hydrogens is 524 g/mol. The van der Waals surface area contributed by atoms with Crippen LogP contribution in [0.4, 0.5) is 5.95 Å². The van der Waals surface area contributed by atoms with Gasteiger partial charge in [0.25, 0.3) is 0 Å². The molecule has 3 atom stereocenters. The fourth-order valence-electron chi connectivity index (χ4n) is 3.85. The molecule has 1 aromatic carbocycles. The number of methoxy groups -OCH3 is 3. The number of aromatic nitrogens is 5. The van der Waals surface area contributed by atoms with Crippen LogP contribution < -0.4 is 14.2 Å². The number of ether oxygens (including phenoxy) is 4. The van der Waals surface area contributed by atoms with Crippen molar-refractivity contribution in [3.63, 3.8) is 0 Å². The summed E-state index contributed by atoms with van der Waals surface area (Å²) < 4.78 is 46.7. The van der Waals surface area contributed by atoms with E-state index in [0.29, 0.717) is 47.0 Å². The Morgan fingerprint density at radius 2 is 1.69 bits per heavy atom. The molecule has 0 aliphatic carbocycles. The van der Waals surface area contributed by atoms with Gasteiger partial charge in [0.15, 0.2) is 11.6 Å². The number of anilines is 1. The Morgan fingerprint density at radius 1 is 1.00 bits per heavy atom. The van der Waals surface area contributed by atoms with Gasteiger partial charge < -0.3 is 23.4 Å². The molecule has 4 rings (SSSR count). The Bertz CT molecular complexity index is 1380. The SMILES string of the molecule is COCCO[C@H](c1ncc(C)cn1)[C@H](C)S(=O)Nc1nnc(-c2ccc(C)o2)n1-c1c(OC)cccc1OC. The lowest BCUT2D eigenvalue weighted by Gasteiger charge is -2.23. The summed E-state index contributed by atoms with van der Waals surface area (Å²) in [5.74, 6) is 3.13. The van der Waals surface area contributed by atoms with Gasteiger partial charge in [0.1, 0.15) is 40.0 Å². The second-order valence-electron chi connectivity index (χ2n) is 8.61. The molecule has 1 unspecified atom stereocenters. The molecule has 0 aliphatic heterocycles. The largest absolute Gasteiger partial charge is 0.494 e. The summed E-state index contributed by atoms with van der Waals surface area (Å²) >= 11 is 0. The molecule has 3 aromatic heterocycles. The molecule has 39 heavy (non-hydrogen) atoms. The van der Waals surface area contributed by atoms with Crippen molar-refractivity contribution in [2.45, 2.75) is 32.1 Å². The minimum Gasteiger partial charge on any atom is -0.494 e. The zero-order chi connectivity index (χ0) is 27.9. The fraction of sp³-hybridized carbons (Fsp3) is 0.385. The molecule has 3 heterocycles. The van der Waals surface area contributed by atoms with Gasteiger partial charge in [-0.1, -0.05) is 6.07 Å². The second-order valence-corrected chi connectivity index (χ2v) is 10.2. The zero-order valence-electron chi connectivity index (χ0n) is 22.7. The topological polar surface area (TPSA) is 136 Å². The molecule has 0 saturated heterocycles. The van der Waals surface area contributed by atoms with E-state index in [0.717, 1.165) is 5.56 Å². The summed E-state index contributed by atoms with van der Waals surface area (Å²) in [5.41, 5.74) is 1.42. The summed E-state index contributed by atoms with van der Waals surface area (Å²) in [7, 11) is 2.96. The smallest absolute Gasteiger partial charge is 0.241 e. The van der Waals surface area contributed by atoms with Gasteiger partial charge in [-0.2, -0.15) is 0 Å². The molecule has 12 nitrogen and oxygen atoms in total. The maximum absolute atomic E-state index is 13.7. The number of nitrogens with zero attached hydrogens (tertiary/aromatic N) is 5. The van der Waals surface area contributed by atoms with Gasteiger partial charge in [0.05, 0.1) is 32.7 Å². The highest BCUT2D eigenvalue weighted by Gasteiger charge is 2.31. The molecule has 0 spiro atoms. The molecule has 0 radical (unpaired) electrons. The van der Waals surface area contributed by atoms with Gasteiger partial charge >= 0.3 is 0 Å². The number of rotatable bonds is 13. The summed E-state index contributed by atoms with van der Waals surface area (Å²) in [4.78, 5) is 8.81. The van der Waals surface area contributed by atoms with Crippen LogP contribution in [-0.2, 0) is 20.5 Å². The van der Waals surface area contributed by atoms with Crippen molar-refractivity contribution in [3.05, 3.63) is 59.9 Å². The van der Waals surface area contributed by atoms with Gasteiger partial charge in [-0.05, 0) is 50.6 Å². The van der Waals surface area contributed by atoms with Crippen LogP contribution in [-0.4, -0.2) is 68.7 Å². The van der Waals surface area contributed by atoms with Crippen LogP contribution in [0.15, 0.2) is 47.1 Å². The number of para-hydroxylation sites is 1.